The molecule has 0 aliphatic rings. The molecule has 0 unspecified atom stereocenters. The number of nitro benzene ring substituents is 1. The van der Waals surface area contributed by atoms with Gasteiger partial charge in [-0.2, -0.15) is 13.2 Å². The highest BCUT2D eigenvalue weighted by molar-refractivity contribution is 7.90. The van der Waals surface area contributed by atoms with Crippen molar-refractivity contribution in [2.75, 3.05) is 20.3 Å². The predicted molar refractivity (Wildman–Crippen MR) is 175 cm³/mol. The number of carbonyl (C=O) groups is 3. The number of nitro groups is 1. The molecule has 3 aromatic carbocycles. The Hall–Kier alpha value is -6.37. The van der Waals surface area contributed by atoms with Gasteiger partial charge in [0.2, 0.25) is 0 Å². The number of esters is 2. The summed E-state index contributed by atoms with van der Waals surface area (Å²) >= 11 is 5.81. The number of sulfonamides is 1. The molecule has 26 heteroatoms. The number of aromatic nitrogens is 3. The van der Waals surface area contributed by atoms with Gasteiger partial charge in [0.1, 0.15) is 27.7 Å². The average Bonchev–Trinajstić information content (AvgIpc) is 3.40. The lowest BCUT2D eigenvalue weighted by Crippen LogP contribution is -2.40. The van der Waals surface area contributed by atoms with E-state index in [0.29, 0.717) is 6.07 Å². The Balaban J connectivity index is 0.000000303. The Morgan fingerprint density at radius 1 is 0.982 bits per heavy atom. The van der Waals surface area contributed by atoms with Crippen molar-refractivity contribution in [2.24, 2.45) is 7.05 Å². The first kappa shape index (κ1) is 44.0. The third-order valence-electron chi connectivity index (χ3n) is 6.40. The van der Waals surface area contributed by atoms with Crippen molar-refractivity contribution in [3.63, 3.8) is 0 Å². The molecule has 0 fully saturated rings. The fourth-order valence-corrected chi connectivity index (χ4v) is 5.29. The molecule has 0 spiro atoms. The summed E-state index contributed by atoms with van der Waals surface area (Å²) in [5.74, 6) is -3.41. The van der Waals surface area contributed by atoms with Gasteiger partial charge >= 0.3 is 42.2 Å². The van der Waals surface area contributed by atoms with Gasteiger partial charge in [0, 0.05) is 19.2 Å². The van der Waals surface area contributed by atoms with Crippen LogP contribution in [0, 0.1) is 10.1 Å². The van der Waals surface area contributed by atoms with E-state index in [1.807, 2.05) is 0 Å². The molecule has 0 radical (unpaired) electrons. The SMILES string of the molecule is CCOC(=O)COC(=O)c1cc(Oc2ccc(C(F)(F)F)cc2Cl)ccc1[N+](=O)[O-].COc1nn(C(=O)NS(=O)(=O)c2ccccc2OC(F)(F)F)c(=O)n1C. The number of nitrogens with one attached hydrogen (secondary N) is 1. The van der Waals surface area contributed by atoms with E-state index >= 15 is 0 Å². The Kier molecular flexibility index (Phi) is 14.0. The number of benzene rings is 3. The lowest BCUT2D eigenvalue weighted by Gasteiger charge is -2.13. The summed E-state index contributed by atoms with van der Waals surface area (Å²) in [6, 6.07) is 7.32. The molecule has 18 nitrogen and oxygen atoms in total. The van der Waals surface area contributed by atoms with Crippen molar-refractivity contribution in [2.45, 2.75) is 24.4 Å². The van der Waals surface area contributed by atoms with Crippen LogP contribution in [0.15, 0.2) is 70.4 Å². The van der Waals surface area contributed by atoms with Crippen LogP contribution in [0.1, 0.15) is 22.8 Å². The third kappa shape index (κ3) is 11.6. The van der Waals surface area contributed by atoms with Crippen molar-refractivity contribution < 1.29 is 77.8 Å². The molecule has 1 aromatic heterocycles. The molecular weight excluding hydrogens is 820 g/mol. The number of alkyl halides is 6. The van der Waals surface area contributed by atoms with Crippen molar-refractivity contribution in [3.8, 4) is 23.3 Å². The van der Waals surface area contributed by atoms with Gasteiger partial charge in [0.25, 0.3) is 15.7 Å². The molecule has 4 rings (SSSR count). The summed E-state index contributed by atoms with van der Waals surface area (Å²) in [5.41, 5.74) is -3.19. The molecule has 56 heavy (non-hydrogen) atoms. The van der Waals surface area contributed by atoms with E-state index < -0.39 is 85.2 Å². The van der Waals surface area contributed by atoms with E-state index in [9.17, 15) is 64.1 Å². The van der Waals surface area contributed by atoms with Crippen LogP contribution in [0.5, 0.6) is 23.3 Å². The minimum absolute atomic E-state index is 0.0493. The predicted octanol–water partition coefficient (Wildman–Crippen LogP) is 5.21. The van der Waals surface area contributed by atoms with Crippen molar-refractivity contribution in [1.29, 1.82) is 0 Å². The molecule has 1 amide bonds. The second kappa shape index (κ2) is 17.8. The number of carbonyl (C=O) groups excluding carboxylic acids is 3. The fraction of sp³-hybridized carbons (Fsp3) is 0.233. The quantitative estimate of drug-likeness (QED) is 0.0885. The minimum Gasteiger partial charge on any atom is -0.467 e. The number of rotatable bonds is 11. The molecule has 4 aromatic rings. The maximum atomic E-state index is 12.7. The van der Waals surface area contributed by atoms with E-state index in [4.69, 9.17) is 25.8 Å². The number of nitrogens with zero attached hydrogens (tertiary/aromatic N) is 4. The summed E-state index contributed by atoms with van der Waals surface area (Å²) in [4.78, 5) is 56.6. The standard InChI is InChI=1S/C18H13ClF3NO7.C12H11F3N4O6S/c1-2-28-16(24)9-29-17(25)12-8-11(4-5-14(12)23(26)27)30-15-6-3-10(7-13(15)19)18(20,21)22;1-18-10(24-2)16-19(11(18)21)9(20)17-26(22,23)8-6-4-3-5-7(8)25-12(13,14)15/h3-8H,2,9H2,1H3;3-6H,1-2H3,(H,17,20). The Labute approximate surface area is 314 Å². The topological polar surface area (TPSA) is 226 Å². The van der Waals surface area contributed by atoms with Gasteiger partial charge < -0.3 is 23.7 Å². The van der Waals surface area contributed by atoms with Crippen LogP contribution in [0.3, 0.4) is 0 Å². The lowest BCUT2D eigenvalue weighted by molar-refractivity contribution is -0.385. The first-order valence-electron chi connectivity index (χ1n) is 14.8. The second-order valence-electron chi connectivity index (χ2n) is 10.2. The maximum Gasteiger partial charge on any atom is 0.573 e. The van der Waals surface area contributed by atoms with Gasteiger partial charge in [0.05, 0.1) is 29.2 Å². The van der Waals surface area contributed by atoms with E-state index in [2.05, 4.69) is 14.6 Å². The molecular formula is C30H24ClF6N5O13S. The number of amides is 1. The zero-order valence-corrected chi connectivity index (χ0v) is 29.9. The molecule has 0 aliphatic carbocycles. The number of hydrogen-bond acceptors (Lipinski definition) is 14. The Morgan fingerprint density at radius 3 is 2.20 bits per heavy atom. The van der Waals surface area contributed by atoms with Crippen molar-refractivity contribution in [3.05, 3.63) is 97.4 Å². The molecule has 1 N–H and O–H groups in total. The fourth-order valence-electron chi connectivity index (χ4n) is 4.02. The lowest BCUT2D eigenvalue weighted by atomic mass is 10.1. The second-order valence-corrected chi connectivity index (χ2v) is 12.3. The molecule has 1 heterocycles. The largest absolute Gasteiger partial charge is 0.573 e. The molecule has 302 valence electrons. The van der Waals surface area contributed by atoms with Gasteiger partial charge in [-0.3, -0.25) is 10.1 Å². The molecule has 0 saturated heterocycles. The van der Waals surface area contributed by atoms with Crippen LogP contribution in [0.25, 0.3) is 0 Å². The van der Waals surface area contributed by atoms with Crippen LogP contribution in [-0.2, 0) is 37.5 Å². The van der Waals surface area contributed by atoms with Crippen LogP contribution in [-0.4, -0.2) is 72.3 Å². The molecule has 0 bridgehead atoms. The number of para-hydroxylation sites is 1. The summed E-state index contributed by atoms with van der Waals surface area (Å²) in [6.45, 7) is 0.825. The van der Waals surface area contributed by atoms with Gasteiger partial charge in [-0.05, 0) is 43.3 Å². The summed E-state index contributed by atoms with van der Waals surface area (Å²) in [6.07, 6.45) is -9.76. The summed E-state index contributed by atoms with van der Waals surface area (Å²) in [7, 11) is -2.45. The smallest absolute Gasteiger partial charge is 0.467 e. The third-order valence-corrected chi connectivity index (χ3v) is 8.05. The maximum absolute atomic E-state index is 12.7. The minimum atomic E-state index is -5.15. The first-order chi connectivity index (χ1) is 26.0. The van der Waals surface area contributed by atoms with Gasteiger partial charge in [0.15, 0.2) is 6.61 Å². The van der Waals surface area contributed by atoms with Crippen molar-refractivity contribution >= 4 is 45.3 Å². The van der Waals surface area contributed by atoms with Gasteiger partial charge in [-0.1, -0.05) is 23.7 Å². The number of methoxy groups -OCH3 is 1. The van der Waals surface area contributed by atoms with Crippen molar-refractivity contribution in [1.82, 2.24) is 19.1 Å². The normalized spacial score (nSPS) is 11.4. The van der Waals surface area contributed by atoms with Crippen LogP contribution >= 0.6 is 11.6 Å². The highest BCUT2D eigenvalue weighted by atomic mass is 35.5. The zero-order valence-electron chi connectivity index (χ0n) is 28.3. The summed E-state index contributed by atoms with van der Waals surface area (Å²) in [5, 5.41) is 14.2. The average molecular weight is 844 g/mol. The zero-order chi connectivity index (χ0) is 42.2. The molecule has 0 saturated carbocycles. The number of hydrogen-bond donors (Lipinski definition) is 1. The van der Waals surface area contributed by atoms with Crippen LogP contribution in [0.2, 0.25) is 5.02 Å². The highest BCUT2D eigenvalue weighted by Crippen LogP contribution is 2.37. The Morgan fingerprint density at radius 2 is 1.64 bits per heavy atom. The van der Waals surface area contributed by atoms with Crippen LogP contribution in [0.4, 0.5) is 36.8 Å². The number of ether oxygens (including phenoxy) is 5. The molecule has 0 atom stereocenters. The van der Waals surface area contributed by atoms with E-state index in [1.54, 1.807) is 0 Å². The summed E-state index contributed by atoms with van der Waals surface area (Å²) < 4.78 is 125. The highest BCUT2D eigenvalue weighted by Gasteiger charge is 2.35. The van der Waals surface area contributed by atoms with Gasteiger partial charge in [-0.15, -0.1) is 23.0 Å². The first-order valence-corrected chi connectivity index (χ1v) is 16.6. The van der Waals surface area contributed by atoms with E-state index in [1.165, 1.54) is 18.7 Å². The number of halogens is 7. The van der Waals surface area contributed by atoms with Gasteiger partial charge in [-0.25, -0.2) is 36.9 Å². The Bertz CT molecular complexity index is 2300. The van der Waals surface area contributed by atoms with E-state index in [-0.39, 0.29) is 33.8 Å². The monoisotopic (exact) mass is 843 g/mol. The molecule has 0 aliphatic heterocycles. The van der Waals surface area contributed by atoms with E-state index in [0.717, 1.165) is 66.3 Å². The van der Waals surface area contributed by atoms with Crippen LogP contribution < -0.4 is 24.6 Å².